The standard InChI is InChI=1S/C16H11F3N3O2/c1-23-13-7-3-6-12(9-13)20-11-5-2-4-10(8-11)14-21-15(24-22-14)16(17,18)19/h2-4,6-9,20H,1H3. The second-order valence-corrected chi connectivity index (χ2v) is 4.77. The van der Waals surface area contributed by atoms with Gasteiger partial charge in [0.25, 0.3) is 0 Å². The Balaban J connectivity index is 1.85. The summed E-state index contributed by atoms with van der Waals surface area (Å²) in [6, 6.07) is 14.8. The molecule has 0 aliphatic heterocycles. The number of aromatic nitrogens is 2. The Morgan fingerprint density at radius 3 is 2.75 bits per heavy atom. The average molecular weight is 334 g/mol. The van der Waals surface area contributed by atoms with Crippen molar-refractivity contribution in [2.45, 2.75) is 6.18 Å². The van der Waals surface area contributed by atoms with Gasteiger partial charge in [-0.3, -0.25) is 0 Å². The zero-order chi connectivity index (χ0) is 17.2. The summed E-state index contributed by atoms with van der Waals surface area (Å²) in [4.78, 5) is 3.36. The summed E-state index contributed by atoms with van der Waals surface area (Å²) in [6.45, 7) is 0. The normalized spacial score (nSPS) is 11.3. The van der Waals surface area contributed by atoms with Crippen molar-refractivity contribution < 1.29 is 22.4 Å². The Labute approximate surface area is 135 Å². The molecule has 8 heteroatoms. The molecular formula is C16H11F3N3O2. The van der Waals surface area contributed by atoms with Crippen LogP contribution < -0.4 is 10.1 Å². The van der Waals surface area contributed by atoms with Crippen LogP contribution in [0, 0.1) is 6.07 Å². The Hall–Kier alpha value is -3.03. The third-order valence-electron chi connectivity index (χ3n) is 3.08. The van der Waals surface area contributed by atoms with Crippen LogP contribution in [0.15, 0.2) is 47.0 Å². The van der Waals surface area contributed by atoms with E-state index in [9.17, 15) is 13.2 Å². The minimum atomic E-state index is -4.67. The Kier molecular flexibility index (Phi) is 4.11. The van der Waals surface area contributed by atoms with Gasteiger partial charge in [0.05, 0.1) is 7.11 Å². The van der Waals surface area contributed by atoms with Crippen LogP contribution in [0.2, 0.25) is 0 Å². The number of alkyl halides is 3. The molecule has 2 aromatic carbocycles. The van der Waals surface area contributed by atoms with Crippen molar-refractivity contribution >= 4 is 11.4 Å². The minimum Gasteiger partial charge on any atom is -0.497 e. The first-order chi connectivity index (χ1) is 11.5. The van der Waals surface area contributed by atoms with Crippen LogP contribution in [0.25, 0.3) is 11.4 Å². The molecule has 24 heavy (non-hydrogen) atoms. The van der Waals surface area contributed by atoms with Gasteiger partial charge in [-0.2, -0.15) is 18.2 Å². The molecule has 1 N–H and O–H groups in total. The van der Waals surface area contributed by atoms with E-state index in [1.54, 1.807) is 43.5 Å². The van der Waals surface area contributed by atoms with Crippen LogP contribution >= 0.6 is 0 Å². The zero-order valence-electron chi connectivity index (χ0n) is 12.4. The number of rotatable bonds is 4. The van der Waals surface area contributed by atoms with Crippen LogP contribution in [0.1, 0.15) is 5.89 Å². The highest BCUT2D eigenvalue weighted by Gasteiger charge is 2.38. The Morgan fingerprint density at radius 2 is 2.04 bits per heavy atom. The molecule has 0 aliphatic rings. The molecule has 0 unspecified atom stereocenters. The monoisotopic (exact) mass is 334 g/mol. The van der Waals surface area contributed by atoms with Crippen LogP contribution in [-0.2, 0) is 6.18 Å². The maximum absolute atomic E-state index is 12.5. The predicted molar refractivity (Wildman–Crippen MR) is 79.8 cm³/mol. The van der Waals surface area contributed by atoms with E-state index in [-0.39, 0.29) is 5.82 Å². The van der Waals surface area contributed by atoms with Gasteiger partial charge in [0.15, 0.2) is 0 Å². The lowest BCUT2D eigenvalue weighted by Gasteiger charge is -2.08. The zero-order valence-corrected chi connectivity index (χ0v) is 12.4. The summed E-state index contributed by atoms with van der Waals surface area (Å²) >= 11 is 0. The largest absolute Gasteiger partial charge is 0.497 e. The van der Waals surface area contributed by atoms with Crippen molar-refractivity contribution in [3.05, 3.63) is 54.4 Å². The highest BCUT2D eigenvalue weighted by Crippen LogP contribution is 2.30. The van der Waals surface area contributed by atoms with Gasteiger partial charge in [0, 0.05) is 29.1 Å². The number of hydrogen-bond donors (Lipinski definition) is 1. The first-order valence-electron chi connectivity index (χ1n) is 6.80. The summed E-state index contributed by atoms with van der Waals surface area (Å²) in [7, 11) is 1.56. The lowest BCUT2D eigenvalue weighted by molar-refractivity contribution is -0.159. The number of hydrogen-bond acceptors (Lipinski definition) is 5. The molecule has 0 spiro atoms. The molecule has 3 rings (SSSR count). The van der Waals surface area contributed by atoms with E-state index in [2.05, 4.69) is 26.0 Å². The van der Waals surface area contributed by atoms with Gasteiger partial charge in [-0.1, -0.05) is 23.4 Å². The fourth-order valence-electron chi connectivity index (χ4n) is 1.99. The quantitative estimate of drug-likeness (QED) is 0.770. The number of benzene rings is 2. The molecule has 0 aliphatic carbocycles. The number of nitrogens with one attached hydrogen (secondary N) is 1. The summed E-state index contributed by atoms with van der Waals surface area (Å²) in [5.41, 5.74) is 1.66. The second kappa shape index (κ2) is 6.23. The molecule has 0 saturated carbocycles. The van der Waals surface area contributed by atoms with E-state index in [0.717, 1.165) is 5.69 Å². The van der Waals surface area contributed by atoms with Crippen molar-refractivity contribution in [1.29, 1.82) is 0 Å². The van der Waals surface area contributed by atoms with Crippen LogP contribution in [-0.4, -0.2) is 17.3 Å². The number of anilines is 2. The lowest BCUT2D eigenvalue weighted by Crippen LogP contribution is -2.04. The van der Waals surface area contributed by atoms with Crippen molar-refractivity contribution in [2.75, 3.05) is 12.4 Å². The predicted octanol–water partition coefficient (Wildman–Crippen LogP) is 4.31. The summed E-state index contributed by atoms with van der Waals surface area (Å²) in [6.07, 6.45) is -4.67. The molecule has 3 aromatic rings. The van der Waals surface area contributed by atoms with E-state index >= 15 is 0 Å². The van der Waals surface area contributed by atoms with Gasteiger partial charge >= 0.3 is 12.1 Å². The van der Waals surface area contributed by atoms with Gasteiger partial charge in [0.1, 0.15) is 5.75 Å². The molecule has 5 nitrogen and oxygen atoms in total. The maximum atomic E-state index is 12.5. The van der Waals surface area contributed by atoms with E-state index < -0.39 is 12.1 Å². The van der Waals surface area contributed by atoms with Gasteiger partial charge in [-0.05, 0) is 18.2 Å². The summed E-state index contributed by atoms with van der Waals surface area (Å²) < 4.78 is 47.0. The molecular weight excluding hydrogens is 323 g/mol. The van der Waals surface area contributed by atoms with Gasteiger partial charge < -0.3 is 14.6 Å². The minimum absolute atomic E-state index is 0.148. The maximum Gasteiger partial charge on any atom is 0.471 e. The van der Waals surface area contributed by atoms with Crippen molar-refractivity contribution in [3.8, 4) is 17.1 Å². The smallest absolute Gasteiger partial charge is 0.471 e. The Bertz CT molecular complexity index is 846. The third kappa shape index (κ3) is 3.48. The Morgan fingerprint density at radius 1 is 1.21 bits per heavy atom. The third-order valence-corrected chi connectivity index (χ3v) is 3.08. The average Bonchev–Trinajstić information content (AvgIpc) is 3.06. The van der Waals surface area contributed by atoms with Crippen molar-refractivity contribution in [2.24, 2.45) is 0 Å². The molecule has 1 heterocycles. The van der Waals surface area contributed by atoms with Gasteiger partial charge in [0.2, 0.25) is 5.82 Å². The number of ether oxygens (including phenoxy) is 1. The first kappa shape index (κ1) is 15.9. The summed E-state index contributed by atoms with van der Waals surface area (Å²) in [5.74, 6) is -0.859. The van der Waals surface area contributed by atoms with Crippen LogP contribution in [0.5, 0.6) is 5.75 Å². The van der Waals surface area contributed by atoms with E-state index in [1.807, 2.05) is 6.07 Å². The molecule has 0 atom stereocenters. The fourth-order valence-corrected chi connectivity index (χ4v) is 1.99. The molecule has 0 fully saturated rings. The molecule has 123 valence electrons. The molecule has 0 amide bonds. The topological polar surface area (TPSA) is 60.2 Å². The van der Waals surface area contributed by atoms with Crippen molar-refractivity contribution in [1.82, 2.24) is 10.1 Å². The molecule has 0 saturated heterocycles. The number of halogens is 3. The summed E-state index contributed by atoms with van der Waals surface area (Å²) in [5, 5.41) is 6.44. The van der Waals surface area contributed by atoms with E-state index in [1.165, 1.54) is 0 Å². The number of nitrogens with zero attached hydrogens (tertiary/aromatic N) is 2. The van der Waals surface area contributed by atoms with E-state index in [4.69, 9.17) is 4.74 Å². The molecule has 1 aromatic heterocycles. The van der Waals surface area contributed by atoms with Gasteiger partial charge in [-0.25, -0.2) is 0 Å². The van der Waals surface area contributed by atoms with Crippen molar-refractivity contribution in [3.63, 3.8) is 0 Å². The highest BCUT2D eigenvalue weighted by atomic mass is 19.4. The highest BCUT2D eigenvalue weighted by molar-refractivity contribution is 5.67. The van der Waals surface area contributed by atoms with Crippen LogP contribution in [0.4, 0.5) is 24.5 Å². The first-order valence-corrected chi connectivity index (χ1v) is 6.80. The lowest BCUT2D eigenvalue weighted by atomic mass is 10.2. The van der Waals surface area contributed by atoms with Gasteiger partial charge in [-0.15, -0.1) is 0 Å². The number of methoxy groups -OCH3 is 1. The van der Waals surface area contributed by atoms with Crippen LogP contribution in [0.3, 0.4) is 0 Å². The fraction of sp³-hybridized carbons (Fsp3) is 0.125. The SMILES string of the molecule is COc1cccc(Nc2[c]ccc(-c3noc(C(F)(F)F)n3)c2)c1. The second-order valence-electron chi connectivity index (χ2n) is 4.77. The molecule has 1 radical (unpaired) electrons. The molecule has 0 bridgehead atoms. The van der Waals surface area contributed by atoms with E-state index in [0.29, 0.717) is 17.0 Å².